The average Bonchev–Trinajstić information content (AvgIpc) is 3.86. The monoisotopic (exact) mass is 883 g/mol. The molecule has 0 radical (unpaired) electrons. The number of amides is 4. The lowest BCUT2D eigenvalue weighted by Crippen LogP contribution is -2.56. The summed E-state index contributed by atoms with van der Waals surface area (Å²) in [5.41, 5.74) is 9.49. The van der Waals surface area contributed by atoms with Crippen LogP contribution in [0.4, 0.5) is 11.4 Å². The van der Waals surface area contributed by atoms with Crippen LogP contribution in [-0.4, -0.2) is 136 Å². The summed E-state index contributed by atoms with van der Waals surface area (Å²) >= 11 is 0. The SMILES string of the molecule is CC.C[C@@H](/C=C/C(=O)c1cccc(NCC2NN=C(c3ccncn3)N2C)c1)c1cccc(C(=O)N2CC(CN3CCN(c4ccc5c(c4)CN(C4CCC(=O)NC4=O)C5=O)CC3)C2)c1.[HH].[HH]. The molecule has 3 aromatic carbocycles. The van der Waals surface area contributed by atoms with E-state index in [1.807, 2.05) is 104 Å². The summed E-state index contributed by atoms with van der Waals surface area (Å²) in [5.74, 6) is 0.136. The molecule has 9 rings (SSSR count). The zero-order chi connectivity index (χ0) is 45.6. The van der Waals surface area contributed by atoms with E-state index in [0.29, 0.717) is 42.1 Å². The van der Waals surface area contributed by atoms with Crippen molar-refractivity contribution in [2.75, 3.05) is 69.6 Å². The number of likely N-dealkylation sites (N-methyl/N-ethyl adjacent to an activating group) is 1. The molecule has 342 valence electrons. The smallest absolute Gasteiger partial charge is 0.255 e. The molecule has 3 fully saturated rings. The van der Waals surface area contributed by atoms with Gasteiger partial charge in [0, 0.05) is 109 Å². The average molecular weight is 884 g/mol. The van der Waals surface area contributed by atoms with Gasteiger partial charge in [-0.2, -0.15) is 5.10 Å². The van der Waals surface area contributed by atoms with Crippen molar-refractivity contribution in [2.24, 2.45) is 11.0 Å². The molecule has 16 heteroatoms. The number of aromatic nitrogens is 2. The molecule has 3 atom stereocenters. The van der Waals surface area contributed by atoms with Crippen molar-refractivity contribution in [1.29, 1.82) is 0 Å². The van der Waals surface area contributed by atoms with Crippen molar-refractivity contribution in [3.8, 4) is 0 Å². The molecule has 1 aromatic heterocycles. The first-order valence-electron chi connectivity index (χ1n) is 22.6. The third-order valence-corrected chi connectivity index (χ3v) is 12.8. The first-order chi connectivity index (χ1) is 31.6. The lowest BCUT2D eigenvalue weighted by molar-refractivity contribution is -0.136. The topological polar surface area (TPSA) is 176 Å². The second kappa shape index (κ2) is 19.8. The number of fused-ring (bicyclic) bond motifs is 1. The molecule has 5 aliphatic heterocycles. The predicted molar refractivity (Wildman–Crippen MR) is 253 cm³/mol. The first kappa shape index (κ1) is 44.7. The lowest BCUT2D eigenvalue weighted by Gasteiger charge is -2.44. The van der Waals surface area contributed by atoms with Gasteiger partial charge >= 0.3 is 0 Å². The summed E-state index contributed by atoms with van der Waals surface area (Å²) in [6, 6.07) is 22.3. The molecule has 3 N–H and O–H groups in total. The maximum atomic E-state index is 13.6. The van der Waals surface area contributed by atoms with Crippen LogP contribution in [0.5, 0.6) is 0 Å². The summed E-state index contributed by atoms with van der Waals surface area (Å²) < 4.78 is 0. The Kier molecular flexibility index (Phi) is 13.6. The van der Waals surface area contributed by atoms with Crippen LogP contribution in [-0.2, 0) is 16.1 Å². The fraction of sp³-hybridized carbons (Fsp3) is 0.388. The Labute approximate surface area is 382 Å². The molecule has 2 unspecified atom stereocenters. The Balaban J connectivity index is 0.00000183. The Bertz CT molecular complexity index is 2490. The summed E-state index contributed by atoms with van der Waals surface area (Å²) in [6.07, 6.45) is 7.16. The van der Waals surface area contributed by atoms with Crippen LogP contribution < -0.4 is 21.0 Å². The lowest BCUT2D eigenvalue weighted by atomic mass is 9.95. The van der Waals surface area contributed by atoms with Crippen LogP contribution in [0.25, 0.3) is 0 Å². The van der Waals surface area contributed by atoms with Crippen LogP contribution in [0, 0.1) is 5.92 Å². The highest BCUT2D eigenvalue weighted by molar-refractivity contribution is 6.06. The van der Waals surface area contributed by atoms with Gasteiger partial charge in [0.15, 0.2) is 11.6 Å². The second-order valence-electron chi connectivity index (χ2n) is 17.0. The minimum absolute atomic E-state index is 0. The Morgan fingerprint density at radius 3 is 2.51 bits per heavy atom. The van der Waals surface area contributed by atoms with E-state index >= 15 is 0 Å². The van der Waals surface area contributed by atoms with E-state index in [-0.39, 0.29) is 44.9 Å². The molecule has 0 saturated carbocycles. The van der Waals surface area contributed by atoms with Crippen molar-refractivity contribution in [2.45, 2.75) is 58.3 Å². The van der Waals surface area contributed by atoms with Crippen LogP contribution in [0.2, 0.25) is 0 Å². The number of hydrogen-bond acceptors (Lipinski definition) is 13. The number of carbonyl (C=O) groups excluding carboxylic acids is 5. The standard InChI is InChI=1S/C47H51N11O5.C2H6.2H2/c1-30(9-13-41(59)33-6-4-8-36(22-33)49-24-42-52-53-44(54(42)2)39-15-16-48-29-50-39)32-5-3-7-34(21-32)46(62)57-26-31(27-57)25-55-17-19-56(20-18-55)37-10-11-38-35(23-37)28-58(47(38)63)40-12-14-43(60)51-45(40)61;1-2;;/h3-11,13,15-16,21-23,29-31,40,42,49,52H,12,14,17-20,24-28H2,1-2H3,(H,51,60,61);1-2H3;2*1H/b13-9+;;;/t30-,40?,42?;;;/m0.../s1. The first-order valence-corrected chi connectivity index (χ1v) is 22.6. The molecular weight excluding hydrogens is 823 g/mol. The van der Waals surface area contributed by atoms with Gasteiger partial charge in [-0.3, -0.25) is 39.6 Å². The van der Waals surface area contributed by atoms with Gasteiger partial charge in [-0.1, -0.05) is 51.1 Å². The van der Waals surface area contributed by atoms with Crippen molar-refractivity contribution < 1.29 is 26.8 Å². The molecular formula is C49H61N11O5. The molecule has 4 amide bonds. The van der Waals surface area contributed by atoms with E-state index in [4.69, 9.17) is 0 Å². The number of amidine groups is 1. The maximum Gasteiger partial charge on any atom is 0.255 e. The largest absolute Gasteiger partial charge is 0.381 e. The number of hydrazone groups is 1. The van der Waals surface area contributed by atoms with Gasteiger partial charge in [0.1, 0.15) is 24.2 Å². The van der Waals surface area contributed by atoms with Crippen molar-refractivity contribution in [3.63, 3.8) is 0 Å². The van der Waals surface area contributed by atoms with Gasteiger partial charge < -0.3 is 24.9 Å². The third kappa shape index (κ3) is 9.92. The van der Waals surface area contributed by atoms with Gasteiger partial charge in [0.25, 0.3) is 11.8 Å². The molecule has 0 aliphatic carbocycles. The molecule has 0 bridgehead atoms. The number of piperazine rings is 1. The van der Waals surface area contributed by atoms with Crippen molar-refractivity contribution in [1.82, 2.24) is 40.3 Å². The molecule has 6 heterocycles. The maximum absolute atomic E-state index is 13.6. The van der Waals surface area contributed by atoms with Crippen LogP contribution in [0.3, 0.4) is 0 Å². The van der Waals surface area contributed by atoms with Gasteiger partial charge in [0.05, 0.1) is 6.54 Å². The fourth-order valence-corrected chi connectivity index (χ4v) is 9.03. The number of likely N-dealkylation sites (tertiary alicyclic amines) is 1. The number of benzene rings is 3. The molecule has 5 aliphatic rings. The highest BCUT2D eigenvalue weighted by atomic mass is 16.2. The number of hydrogen-bond donors (Lipinski definition) is 3. The number of anilines is 2. The number of rotatable bonds is 13. The third-order valence-electron chi connectivity index (χ3n) is 12.8. The van der Waals surface area contributed by atoms with Crippen LogP contribution >= 0.6 is 0 Å². The highest BCUT2D eigenvalue weighted by Crippen LogP contribution is 2.31. The fourth-order valence-electron chi connectivity index (χ4n) is 9.03. The zero-order valence-electron chi connectivity index (χ0n) is 37.4. The summed E-state index contributed by atoms with van der Waals surface area (Å²) in [5, 5.41) is 10.2. The van der Waals surface area contributed by atoms with E-state index in [2.05, 4.69) is 47.0 Å². The quantitative estimate of drug-likeness (QED) is 0.0950. The molecule has 3 saturated heterocycles. The van der Waals surface area contributed by atoms with Gasteiger partial charge in [0.2, 0.25) is 11.8 Å². The van der Waals surface area contributed by atoms with E-state index in [1.165, 1.54) is 6.33 Å². The second-order valence-corrected chi connectivity index (χ2v) is 17.0. The van der Waals surface area contributed by atoms with E-state index < -0.39 is 11.9 Å². The molecule has 4 aromatic rings. The van der Waals surface area contributed by atoms with Crippen molar-refractivity contribution in [3.05, 3.63) is 131 Å². The highest BCUT2D eigenvalue weighted by Gasteiger charge is 2.40. The Morgan fingerprint density at radius 1 is 0.954 bits per heavy atom. The molecule has 65 heavy (non-hydrogen) atoms. The minimum Gasteiger partial charge on any atom is -0.381 e. The van der Waals surface area contributed by atoms with Gasteiger partial charge in [-0.05, 0) is 78.1 Å². The van der Waals surface area contributed by atoms with Gasteiger partial charge in [-0.25, -0.2) is 9.97 Å². The zero-order valence-corrected chi connectivity index (χ0v) is 37.4. The summed E-state index contributed by atoms with van der Waals surface area (Å²) in [4.78, 5) is 82.6. The molecule has 0 spiro atoms. The van der Waals surface area contributed by atoms with Gasteiger partial charge in [-0.15, -0.1) is 0 Å². The number of ketones is 1. The number of piperidine rings is 1. The van der Waals surface area contributed by atoms with Crippen LogP contribution in [0.15, 0.2) is 103 Å². The van der Waals surface area contributed by atoms with Crippen LogP contribution in [0.1, 0.15) is 90.3 Å². The summed E-state index contributed by atoms with van der Waals surface area (Å²) in [7, 11) is 1.95. The Morgan fingerprint density at radius 2 is 1.74 bits per heavy atom. The number of imide groups is 1. The predicted octanol–water partition coefficient (Wildman–Crippen LogP) is 4.83. The number of allylic oxidation sites excluding steroid dienone is 2. The van der Waals surface area contributed by atoms with Crippen molar-refractivity contribution >= 4 is 46.6 Å². The normalized spacial score (nSPS) is 20.4. The molecule has 16 nitrogen and oxygen atoms in total. The van der Waals surface area contributed by atoms with E-state index in [9.17, 15) is 24.0 Å². The summed E-state index contributed by atoms with van der Waals surface area (Å²) in [6.45, 7) is 12.8. The minimum atomic E-state index is -0.621. The van der Waals surface area contributed by atoms with E-state index in [1.54, 1.807) is 23.2 Å². The Hall–Kier alpha value is -6.94. The van der Waals surface area contributed by atoms with E-state index in [0.717, 1.165) is 79.8 Å². The number of nitrogens with zero attached hydrogens (tertiary/aromatic N) is 8. The number of nitrogens with one attached hydrogen (secondary N) is 3. The number of carbonyl (C=O) groups is 5.